The number of sulfonamides is 1. The van der Waals surface area contributed by atoms with Gasteiger partial charge in [-0.2, -0.15) is 0 Å². The van der Waals surface area contributed by atoms with Gasteiger partial charge in [-0.15, -0.1) is 0 Å². The fourth-order valence-electron chi connectivity index (χ4n) is 2.00. The van der Waals surface area contributed by atoms with E-state index in [1.54, 1.807) is 0 Å². The Hall–Kier alpha value is -0.850. The monoisotopic (exact) mass is 292 g/mol. The SMILES string of the molecule is O=S(=O)(CC1CCCN1)Nc1cc(F)cc(Cl)c1. The number of halogens is 2. The third kappa shape index (κ3) is 3.83. The molecule has 1 aromatic rings. The van der Waals surface area contributed by atoms with E-state index in [4.69, 9.17) is 11.6 Å². The minimum Gasteiger partial charge on any atom is -0.313 e. The van der Waals surface area contributed by atoms with Gasteiger partial charge in [0.1, 0.15) is 5.82 Å². The fraction of sp³-hybridized carbons (Fsp3) is 0.455. The molecule has 1 saturated heterocycles. The Bertz CT molecular complexity index is 510. The first-order chi connectivity index (χ1) is 8.44. The Balaban J connectivity index is 2.06. The molecule has 0 saturated carbocycles. The van der Waals surface area contributed by atoms with Crippen LogP contribution in [0.2, 0.25) is 5.02 Å². The molecule has 1 aromatic carbocycles. The highest BCUT2D eigenvalue weighted by Crippen LogP contribution is 2.19. The predicted molar refractivity (Wildman–Crippen MR) is 69.8 cm³/mol. The van der Waals surface area contributed by atoms with E-state index in [9.17, 15) is 12.8 Å². The van der Waals surface area contributed by atoms with Gasteiger partial charge in [0.25, 0.3) is 0 Å². The molecule has 0 amide bonds. The maximum absolute atomic E-state index is 13.1. The number of rotatable bonds is 4. The van der Waals surface area contributed by atoms with Crippen LogP contribution in [0.4, 0.5) is 10.1 Å². The number of nitrogens with one attached hydrogen (secondary N) is 2. The third-order valence-corrected chi connectivity index (χ3v) is 4.33. The van der Waals surface area contributed by atoms with E-state index < -0.39 is 15.8 Å². The molecule has 2 N–H and O–H groups in total. The third-order valence-electron chi connectivity index (χ3n) is 2.72. The fourth-order valence-corrected chi connectivity index (χ4v) is 3.59. The van der Waals surface area contributed by atoms with Crippen molar-refractivity contribution in [2.24, 2.45) is 0 Å². The summed E-state index contributed by atoms with van der Waals surface area (Å²) in [5.41, 5.74) is 0.151. The molecule has 0 spiro atoms. The van der Waals surface area contributed by atoms with E-state index in [1.807, 2.05) is 0 Å². The summed E-state index contributed by atoms with van der Waals surface area (Å²) in [5.74, 6) is -0.583. The summed E-state index contributed by atoms with van der Waals surface area (Å²) in [6, 6.07) is 3.57. The van der Waals surface area contributed by atoms with Gasteiger partial charge in [0, 0.05) is 11.1 Å². The van der Waals surface area contributed by atoms with Crippen LogP contribution < -0.4 is 10.0 Å². The van der Waals surface area contributed by atoms with Gasteiger partial charge in [-0.05, 0) is 37.6 Å². The van der Waals surface area contributed by atoms with Gasteiger partial charge in [-0.1, -0.05) is 11.6 Å². The van der Waals surface area contributed by atoms with Crippen molar-refractivity contribution in [3.8, 4) is 0 Å². The Labute approximate surface area is 111 Å². The van der Waals surface area contributed by atoms with Crippen LogP contribution in [0.1, 0.15) is 12.8 Å². The van der Waals surface area contributed by atoms with Gasteiger partial charge in [0.2, 0.25) is 10.0 Å². The lowest BCUT2D eigenvalue weighted by atomic mass is 10.3. The van der Waals surface area contributed by atoms with E-state index in [-0.39, 0.29) is 22.5 Å². The molecular formula is C11H14ClFN2O2S. The average molecular weight is 293 g/mol. The second kappa shape index (κ2) is 5.42. The zero-order valence-corrected chi connectivity index (χ0v) is 11.2. The van der Waals surface area contributed by atoms with E-state index >= 15 is 0 Å². The van der Waals surface area contributed by atoms with Crippen LogP contribution in [0.25, 0.3) is 0 Å². The van der Waals surface area contributed by atoms with Crippen molar-refractivity contribution in [1.82, 2.24) is 5.32 Å². The molecule has 0 aliphatic carbocycles. The highest BCUT2D eigenvalue weighted by atomic mass is 35.5. The van der Waals surface area contributed by atoms with Gasteiger partial charge >= 0.3 is 0 Å². The number of anilines is 1. The normalized spacial score (nSPS) is 20.0. The molecule has 7 heteroatoms. The minimum atomic E-state index is -3.49. The Morgan fingerprint density at radius 3 is 2.83 bits per heavy atom. The standard InChI is InChI=1S/C11H14ClFN2O2S/c12-8-4-9(13)6-11(5-8)15-18(16,17)7-10-2-1-3-14-10/h4-6,10,14-15H,1-3,7H2. The van der Waals surface area contributed by atoms with Crippen molar-refractivity contribution in [2.45, 2.75) is 18.9 Å². The van der Waals surface area contributed by atoms with Crippen molar-refractivity contribution in [3.05, 3.63) is 29.0 Å². The topological polar surface area (TPSA) is 58.2 Å². The van der Waals surface area contributed by atoms with Gasteiger partial charge in [0.05, 0.1) is 11.4 Å². The second-order valence-electron chi connectivity index (χ2n) is 4.33. The molecule has 0 radical (unpaired) electrons. The van der Waals surface area contributed by atoms with E-state index in [0.717, 1.165) is 31.5 Å². The zero-order valence-electron chi connectivity index (χ0n) is 9.62. The smallest absolute Gasteiger partial charge is 0.234 e. The van der Waals surface area contributed by atoms with Crippen LogP contribution in [0.5, 0.6) is 0 Å². The lowest BCUT2D eigenvalue weighted by molar-refractivity contribution is 0.581. The molecule has 1 aliphatic heterocycles. The molecule has 1 fully saturated rings. The largest absolute Gasteiger partial charge is 0.313 e. The van der Waals surface area contributed by atoms with Crippen molar-refractivity contribution < 1.29 is 12.8 Å². The summed E-state index contributed by atoms with van der Waals surface area (Å²) in [4.78, 5) is 0. The van der Waals surface area contributed by atoms with Gasteiger partial charge in [-0.3, -0.25) is 4.72 Å². The second-order valence-corrected chi connectivity index (χ2v) is 6.54. The Morgan fingerprint density at radius 2 is 2.22 bits per heavy atom. The molecule has 1 unspecified atom stereocenters. The number of hydrogen-bond acceptors (Lipinski definition) is 3. The first-order valence-corrected chi connectivity index (χ1v) is 7.68. The molecule has 0 bridgehead atoms. The Kier molecular flexibility index (Phi) is 4.09. The highest BCUT2D eigenvalue weighted by Gasteiger charge is 2.22. The van der Waals surface area contributed by atoms with Crippen molar-refractivity contribution in [3.63, 3.8) is 0 Å². The lowest BCUT2D eigenvalue weighted by Gasteiger charge is -2.12. The summed E-state index contributed by atoms with van der Waals surface area (Å²) in [7, 11) is -3.49. The summed E-state index contributed by atoms with van der Waals surface area (Å²) in [5, 5.41) is 3.26. The van der Waals surface area contributed by atoms with Crippen LogP contribution in [0.15, 0.2) is 18.2 Å². The summed E-state index contributed by atoms with van der Waals surface area (Å²) in [6.45, 7) is 0.839. The van der Waals surface area contributed by atoms with Crippen LogP contribution in [-0.2, 0) is 10.0 Å². The highest BCUT2D eigenvalue weighted by molar-refractivity contribution is 7.92. The van der Waals surface area contributed by atoms with Crippen molar-refractivity contribution in [1.29, 1.82) is 0 Å². The lowest BCUT2D eigenvalue weighted by Crippen LogP contribution is -2.32. The van der Waals surface area contributed by atoms with Crippen molar-refractivity contribution in [2.75, 3.05) is 17.0 Å². The van der Waals surface area contributed by atoms with Gasteiger partial charge in [0.15, 0.2) is 0 Å². The first-order valence-electron chi connectivity index (χ1n) is 5.64. The van der Waals surface area contributed by atoms with Crippen LogP contribution >= 0.6 is 11.6 Å². The van der Waals surface area contributed by atoms with E-state index in [0.29, 0.717) is 0 Å². The molecule has 2 rings (SSSR count). The summed E-state index contributed by atoms with van der Waals surface area (Å²) < 4.78 is 39.1. The van der Waals surface area contributed by atoms with E-state index in [2.05, 4.69) is 10.0 Å². The Morgan fingerprint density at radius 1 is 1.44 bits per heavy atom. The minimum absolute atomic E-state index is 0.0128. The molecule has 1 atom stereocenters. The maximum Gasteiger partial charge on any atom is 0.234 e. The van der Waals surface area contributed by atoms with Gasteiger partial charge in [-0.25, -0.2) is 12.8 Å². The van der Waals surface area contributed by atoms with E-state index in [1.165, 1.54) is 6.07 Å². The van der Waals surface area contributed by atoms with Gasteiger partial charge < -0.3 is 5.32 Å². The molecule has 0 aromatic heterocycles. The average Bonchev–Trinajstić information content (AvgIpc) is 2.66. The maximum atomic E-state index is 13.1. The quantitative estimate of drug-likeness (QED) is 0.892. The summed E-state index contributed by atoms with van der Waals surface area (Å²) in [6.07, 6.45) is 1.82. The molecule has 1 aliphatic rings. The van der Waals surface area contributed by atoms with Crippen LogP contribution in [-0.4, -0.2) is 26.8 Å². The molecule has 4 nitrogen and oxygen atoms in total. The summed E-state index contributed by atoms with van der Waals surface area (Å²) >= 11 is 5.66. The first kappa shape index (κ1) is 13.6. The molecule has 1 heterocycles. The number of hydrogen-bond donors (Lipinski definition) is 2. The predicted octanol–water partition coefficient (Wildman–Crippen LogP) is 1.97. The molecular weight excluding hydrogens is 279 g/mol. The zero-order chi connectivity index (χ0) is 13.2. The van der Waals surface area contributed by atoms with Crippen molar-refractivity contribution >= 4 is 27.3 Å². The van der Waals surface area contributed by atoms with Crippen LogP contribution in [0, 0.1) is 5.82 Å². The number of benzene rings is 1. The molecule has 18 heavy (non-hydrogen) atoms. The van der Waals surface area contributed by atoms with Crippen LogP contribution in [0.3, 0.4) is 0 Å². The molecule has 100 valence electrons.